The van der Waals surface area contributed by atoms with Gasteiger partial charge in [-0.15, -0.1) is 11.3 Å². The zero-order valence-electron chi connectivity index (χ0n) is 16.4. The van der Waals surface area contributed by atoms with Crippen molar-refractivity contribution in [3.63, 3.8) is 0 Å². The van der Waals surface area contributed by atoms with Gasteiger partial charge in [-0.1, -0.05) is 0 Å². The standard InChI is InChI=1S/C18H26N4O4S2/c1-13(9-10-22(2)3)19-17(23)11-14-12-27-18(20-14)21-28(24,25)16-7-5-15(26-4)6-8-16/h5-8,12-13H,9-11H2,1-4H3,(H,19,23)(H,20,21). The molecule has 2 rings (SSSR count). The molecule has 1 unspecified atom stereocenters. The lowest BCUT2D eigenvalue weighted by molar-refractivity contribution is -0.121. The van der Waals surface area contributed by atoms with Crippen LogP contribution < -0.4 is 14.8 Å². The van der Waals surface area contributed by atoms with Crippen LogP contribution in [0.25, 0.3) is 0 Å². The third-order valence-electron chi connectivity index (χ3n) is 3.90. The Labute approximate surface area is 170 Å². The lowest BCUT2D eigenvalue weighted by Gasteiger charge is -2.16. The number of methoxy groups -OCH3 is 1. The molecular weight excluding hydrogens is 400 g/mol. The first kappa shape index (κ1) is 22.1. The minimum absolute atomic E-state index is 0.0570. The van der Waals surface area contributed by atoms with Crippen molar-refractivity contribution in [1.29, 1.82) is 0 Å². The largest absolute Gasteiger partial charge is 0.497 e. The summed E-state index contributed by atoms with van der Waals surface area (Å²) in [6.07, 6.45) is 0.954. The number of hydrogen-bond donors (Lipinski definition) is 2. The Morgan fingerprint density at radius 3 is 2.57 bits per heavy atom. The van der Waals surface area contributed by atoms with Gasteiger partial charge in [-0.25, -0.2) is 13.4 Å². The van der Waals surface area contributed by atoms with E-state index in [1.165, 1.54) is 19.2 Å². The van der Waals surface area contributed by atoms with Gasteiger partial charge in [0, 0.05) is 11.4 Å². The third-order valence-corrected chi connectivity index (χ3v) is 6.19. The first-order valence-corrected chi connectivity index (χ1v) is 11.1. The molecule has 2 N–H and O–H groups in total. The molecule has 0 bridgehead atoms. The van der Waals surface area contributed by atoms with Gasteiger partial charge in [0.15, 0.2) is 5.13 Å². The predicted molar refractivity (Wildman–Crippen MR) is 110 cm³/mol. The minimum Gasteiger partial charge on any atom is -0.497 e. The number of carbonyl (C=O) groups excluding carboxylic acids is 1. The normalized spacial score (nSPS) is 12.6. The molecule has 0 aliphatic rings. The number of anilines is 1. The molecule has 1 heterocycles. The number of sulfonamides is 1. The first-order valence-electron chi connectivity index (χ1n) is 8.75. The Morgan fingerprint density at radius 2 is 1.96 bits per heavy atom. The van der Waals surface area contributed by atoms with E-state index in [-0.39, 0.29) is 28.4 Å². The molecule has 0 fully saturated rings. The van der Waals surface area contributed by atoms with Gasteiger partial charge in [0.1, 0.15) is 5.75 Å². The molecule has 10 heteroatoms. The van der Waals surface area contributed by atoms with Crippen LogP contribution in [-0.2, 0) is 21.2 Å². The maximum atomic E-state index is 12.4. The molecule has 1 atom stereocenters. The predicted octanol–water partition coefficient (Wildman–Crippen LogP) is 1.95. The van der Waals surface area contributed by atoms with Gasteiger partial charge in [0.2, 0.25) is 5.91 Å². The van der Waals surface area contributed by atoms with Crippen LogP contribution in [0.3, 0.4) is 0 Å². The Balaban J connectivity index is 1.93. The van der Waals surface area contributed by atoms with Crippen LogP contribution in [0.15, 0.2) is 34.5 Å². The summed E-state index contributed by atoms with van der Waals surface area (Å²) in [4.78, 5) is 18.5. The summed E-state index contributed by atoms with van der Waals surface area (Å²) < 4.78 is 32.3. The first-order chi connectivity index (χ1) is 13.2. The van der Waals surface area contributed by atoms with E-state index in [0.29, 0.717) is 11.4 Å². The fraction of sp³-hybridized carbons (Fsp3) is 0.444. The second-order valence-corrected chi connectivity index (χ2v) is 9.20. The summed E-state index contributed by atoms with van der Waals surface area (Å²) in [6.45, 7) is 2.84. The number of thiazole rings is 1. The highest BCUT2D eigenvalue weighted by atomic mass is 32.2. The zero-order chi connectivity index (χ0) is 20.7. The molecule has 28 heavy (non-hydrogen) atoms. The van der Waals surface area contributed by atoms with Crippen LogP contribution in [0.5, 0.6) is 5.75 Å². The topological polar surface area (TPSA) is 101 Å². The number of carbonyl (C=O) groups is 1. The summed E-state index contributed by atoms with van der Waals surface area (Å²) in [5.74, 6) is 0.433. The van der Waals surface area contributed by atoms with Crippen molar-refractivity contribution in [2.24, 2.45) is 0 Å². The van der Waals surface area contributed by atoms with Crippen molar-refractivity contribution in [1.82, 2.24) is 15.2 Å². The molecule has 0 saturated carbocycles. The van der Waals surface area contributed by atoms with Crippen LogP contribution in [0.2, 0.25) is 0 Å². The number of nitrogens with one attached hydrogen (secondary N) is 2. The summed E-state index contributed by atoms with van der Waals surface area (Å²) >= 11 is 1.14. The number of amides is 1. The van der Waals surface area contributed by atoms with Gasteiger partial charge in [-0.2, -0.15) is 0 Å². The Morgan fingerprint density at radius 1 is 1.29 bits per heavy atom. The van der Waals surface area contributed by atoms with Crippen LogP contribution >= 0.6 is 11.3 Å². The van der Waals surface area contributed by atoms with Gasteiger partial charge < -0.3 is 15.0 Å². The molecule has 1 aromatic carbocycles. The van der Waals surface area contributed by atoms with Crippen molar-refractivity contribution in [2.45, 2.75) is 30.7 Å². The second-order valence-electron chi connectivity index (χ2n) is 6.66. The lowest BCUT2D eigenvalue weighted by atomic mass is 10.2. The quantitative estimate of drug-likeness (QED) is 0.602. The smallest absolute Gasteiger partial charge is 0.263 e. The van der Waals surface area contributed by atoms with Crippen molar-refractivity contribution < 1.29 is 17.9 Å². The molecule has 0 radical (unpaired) electrons. The fourth-order valence-electron chi connectivity index (χ4n) is 2.38. The lowest BCUT2D eigenvalue weighted by Crippen LogP contribution is -2.35. The molecule has 1 amide bonds. The van der Waals surface area contributed by atoms with Gasteiger partial charge in [-0.05, 0) is 58.3 Å². The van der Waals surface area contributed by atoms with Gasteiger partial charge >= 0.3 is 0 Å². The molecule has 0 saturated heterocycles. The SMILES string of the molecule is COc1ccc(S(=O)(=O)Nc2nc(CC(=O)NC(C)CCN(C)C)cs2)cc1. The highest BCUT2D eigenvalue weighted by molar-refractivity contribution is 7.93. The van der Waals surface area contributed by atoms with E-state index >= 15 is 0 Å². The van der Waals surface area contributed by atoms with Crippen molar-refractivity contribution >= 4 is 32.4 Å². The molecular formula is C18H26N4O4S2. The van der Waals surface area contributed by atoms with E-state index in [9.17, 15) is 13.2 Å². The maximum absolute atomic E-state index is 12.4. The molecule has 1 aromatic heterocycles. The van der Waals surface area contributed by atoms with E-state index in [4.69, 9.17) is 4.74 Å². The van der Waals surface area contributed by atoms with Gasteiger partial charge in [0.05, 0.1) is 24.1 Å². The van der Waals surface area contributed by atoms with Crippen molar-refractivity contribution in [3.8, 4) is 5.75 Å². The summed E-state index contributed by atoms with van der Waals surface area (Å²) in [5, 5.41) is 4.82. The minimum atomic E-state index is -3.75. The number of nitrogens with zero attached hydrogens (tertiary/aromatic N) is 2. The second kappa shape index (κ2) is 9.85. The number of benzene rings is 1. The van der Waals surface area contributed by atoms with E-state index in [1.54, 1.807) is 17.5 Å². The van der Waals surface area contributed by atoms with E-state index in [1.807, 2.05) is 21.0 Å². The summed E-state index contributed by atoms with van der Waals surface area (Å²) in [7, 11) is 1.73. The molecule has 0 spiro atoms. The highest BCUT2D eigenvalue weighted by Gasteiger charge is 2.17. The number of hydrogen-bond acceptors (Lipinski definition) is 7. The highest BCUT2D eigenvalue weighted by Crippen LogP contribution is 2.22. The molecule has 0 aliphatic heterocycles. The average Bonchev–Trinajstić information content (AvgIpc) is 3.05. The Kier molecular flexibility index (Phi) is 7.78. The summed E-state index contributed by atoms with van der Waals surface area (Å²) in [6, 6.07) is 6.12. The van der Waals surface area contributed by atoms with E-state index in [2.05, 4.69) is 19.9 Å². The van der Waals surface area contributed by atoms with Crippen molar-refractivity contribution in [2.75, 3.05) is 32.5 Å². The molecule has 2 aromatic rings. The number of ether oxygens (including phenoxy) is 1. The van der Waals surface area contributed by atoms with Crippen LogP contribution in [0, 0.1) is 0 Å². The Bertz CT molecular complexity index is 879. The van der Waals surface area contributed by atoms with Gasteiger partial charge in [0.25, 0.3) is 10.0 Å². The van der Waals surface area contributed by atoms with Crippen molar-refractivity contribution in [3.05, 3.63) is 35.3 Å². The average molecular weight is 427 g/mol. The molecule has 0 aliphatic carbocycles. The third kappa shape index (κ3) is 6.77. The van der Waals surface area contributed by atoms with Crippen LogP contribution in [-0.4, -0.2) is 58.0 Å². The molecule has 154 valence electrons. The Hall–Kier alpha value is -2.17. The number of aromatic nitrogens is 1. The summed E-state index contributed by atoms with van der Waals surface area (Å²) in [5.41, 5.74) is 0.523. The maximum Gasteiger partial charge on any atom is 0.263 e. The van der Waals surface area contributed by atoms with E-state index in [0.717, 1.165) is 24.3 Å². The molecule has 8 nitrogen and oxygen atoms in total. The van der Waals surface area contributed by atoms with Crippen LogP contribution in [0.1, 0.15) is 19.0 Å². The number of rotatable bonds is 10. The monoisotopic (exact) mass is 426 g/mol. The zero-order valence-corrected chi connectivity index (χ0v) is 18.1. The van der Waals surface area contributed by atoms with Gasteiger partial charge in [-0.3, -0.25) is 9.52 Å². The van der Waals surface area contributed by atoms with E-state index < -0.39 is 10.0 Å². The fourth-order valence-corrected chi connectivity index (χ4v) is 4.34. The van der Waals surface area contributed by atoms with Crippen LogP contribution in [0.4, 0.5) is 5.13 Å².